The highest BCUT2D eigenvalue weighted by molar-refractivity contribution is 5.16. The smallest absolute Gasteiger partial charge is 0.187 e. The standard InChI is InChI=1S/C43H50O10/c1-43(2)52-37-35(50-41(44-3)40(37)53-43)29-49-42-39(48-27-33-22-14-7-15-23-33)38(47-26-32-20-12-6-13-21-32)36(46-25-31-18-10-5-11-19-31)34(51-42)28-45-24-30-16-8-4-9-17-30/h4-23,34-42H,24-29H2,1-3H3/t34-,35-,36-,37-,38+,39+,40-,41-,42-/m1/s1. The van der Waals surface area contributed by atoms with E-state index in [0.717, 1.165) is 22.3 Å². The lowest BCUT2D eigenvalue weighted by atomic mass is 9.97. The maximum absolute atomic E-state index is 6.84. The second kappa shape index (κ2) is 18.2. The van der Waals surface area contributed by atoms with E-state index in [9.17, 15) is 0 Å². The Labute approximate surface area is 312 Å². The molecule has 0 aromatic heterocycles. The highest BCUT2D eigenvalue weighted by Gasteiger charge is 2.56. The summed E-state index contributed by atoms with van der Waals surface area (Å²) in [5, 5.41) is 0. The highest BCUT2D eigenvalue weighted by atomic mass is 16.8. The minimum Gasteiger partial charge on any atom is -0.374 e. The second-order valence-electron chi connectivity index (χ2n) is 14.0. The van der Waals surface area contributed by atoms with Gasteiger partial charge in [0.2, 0.25) is 0 Å². The van der Waals surface area contributed by atoms with Crippen LogP contribution in [0.1, 0.15) is 36.1 Å². The van der Waals surface area contributed by atoms with Crippen molar-refractivity contribution in [2.45, 2.75) is 101 Å². The molecular weight excluding hydrogens is 676 g/mol. The van der Waals surface area contributed by atoms with Gasteiger partial charge < -0.3 is 47.4 Å². The summed E-state index contributed by atoms with van der Waals surface area (Å²) >= 11 is 0. The molecule has 3 saturated heterocycles. The monoisotopic (exact) mass is 726 g/mol. The van der Waals surface area contributed by atoms with Crippen molar-refractivity contribution in [2.75, 3.05) is 20.3 Å². The van der Waals surface area contributed by atoms with E-state index in [4.69, 9.17) is 47.4 Å². The molecule has 10 heteroatoms. The first-order valence-electron chi connectivity index (χ1n) is 18.3. The number of ether oxygens (including phenoxy) is 10. The Bertz CT molecular complexity index is 1640. The fraction of sp³-hybridized carbons (Fsp3) is 0.442. The van der Waals surface area contributed by atoms with Crippen LogP contribution in [0.3, 0.4) is 0 Å². The molecule has 0 spiro atoms. The van der Waals surface area contributed by atoms with Gasteiger partial charge in [-0.05, 0) is 36.1 Å². The maximum Gasteiger partial charge on any atom is 0.187 e. The van der Waals surface area contributed by atoms with Crippen LogP contribution in [-0.2, 0) is 73.8 Å². The Balaban J connectivity index is 1.17. The molecule has 53 heavy (non-hydrogen) atoms. The molecule has 282 valence electrons. The summed E-state index contributed by atoms with van der Waals surface area (Å²) in [5.41, 5.74) is 4.11. The van der Waals surface area contributed by atoms with Gasteiger partial charge in [-0.2, -0.15) is 0 Å². The summed E-state index contributed by atoms with van der Waals surface area (Å²) in [6.45, 7) is 5.53. The van der Waals surface area contributed by atoms with Gasteiger partial charge in [-0.1, -0.05) is 121 Å². The summed E-state index contributed by atoms with van der Waals surface area (Å²) in [7, 11) is 1.60. The SMILES string of the molecule is CO[C@@H]1O[C@H](CO[C@@H]2O[C@H](COCc3ccccc3)[C@@H](OCc3ccccc3)[C@H](OCc3ccccc3)[C@@H]2OCc2ccccc2)[C@H]2OC(C)(C)O[C@@H]12. The van der Waals surface area contributed by atoms with Gasteiger partial charge in [0.25, 0.3) is 0 Å². The lowest BCUT2D eigenvalue weighted by molar-refractivity contribution is -0.333. The van der Waals surface area contributed by atoms with E-state index in [0.29, 0.717) is 26.4 Å². The average Bonchev–Trinajstić information content (AvgIpc) is 3.68. The van der Waals surface area contributed by atoms with E-state index < -0.39 is 55.0 Å². The average molecular weight is 727 g/mol. The predicted molar refractivity (Wildman–Crippen MR) is 195 cm³/mol. The molecule has 0 amide bonds. The second-order valence-corrected chi connectivity index (χ2v) is 14.0. The minimum absolute atomic E-state index is 0.134. The lowest BCUT2D eigenvalue weighted by Gasteiger charge is -2.46. The van der Waals surface area contributed by atoms with Crippen molar-refractivity contribution in [3.63, 3.8) is 0 Å². The molecule has 0 unspecified atom stereocenters. The molecule has 4 aromatic rings. The molecular formula is C43H50O10. The third-order valence-electron chi connectivity index (χ3n) is 9.60. The third-order valence-corrected chi connectivity index (χ3v) is 9.60. The maximum atomic E-state index is 6.84. The molecule has 3 aliphatic rings. The summed E-state index contributed by atoms with van der Waals surface area (Å²) in [6.07, 6.45) is -5.18. The molecule has 3 fully saturated rings. The Kier molecular flexibility index (Phi) is 13.0. The summed E-state index contributed by atoms with van der Waals surface area (Å²) in [5.74, 6) is -0.780. The Morgan fingerprint density at radius 3 is 1.45 bits per heavy atom. The van der Waals surface area contributed by atoms with Crippen molar-refractivity contribution in [1.29, 1.82) is 0 Å². The summed E-state index contributed by atoms with van der Waals surface area (Å²) in [6, 6.07) is 40.2. The molecule has 0 bridgehead atoms. The molecule has 3 heterocycles. The lowest BCUT2D eigenvalue weighted by Crippen LogP contribution is -2.62. The van der Waals surface area contributed by atoms with Crippen LogP contribution in [0.4, 0.5) is 0 Å². The van der Waals surface area contributed by atoms with E-state index in [1.807, 2.05) is 135 Å². The van der Waals surface area contributed by atoms with Gasteiger partial charge in [0, 0.05) is 7.11 Å². The van der Waals surface area contributed by atoms with Gasteiger partial charge in [-0.15, -0.1) is 0 Å². The first-order chi connectivity index (χ1) is 26.0. The number of hydrogen-bond donors (Lipinski definition) is 0. The quantitative estimate of drug-likeness (QED) is 0.119. The molecule has 0 aliphatic carbocycles. The van der Waals surface area contributed by atoms with Crippen LogP contribution in [0.2, 0.25) is 0 Å². The fourth-order valence-corrected chi connectivity index (χ4v) is 7.04. The Morgan fingerprint density at radius 2 is 0.925 bits per heavy atom. The molecule has 10 nitrogen and oxygen atoms in total. The van der Waals surface area contributed by atoms with Crippen molar-refractivity contribution in [1.82, 2.24) is 0 Å². The molecule has 0 saturated carbocycles. The zero-order chi connectivity index (χ0) is 36.5. The number of benzene rings is 4. The van der Waals surface area contributed by atoms with Gasteiger partial charge in [-0.3, -0.25) is 0 Å². The molecule has 0 radical (unpaired) electrons. The first kappa shape index (κ1) is 37.8. The molecule has 3 aliphatic heterocycles. The normalized spacial score (nSPS) is 29.2. The van der Waals surface area contributed by atoms with Crippen LogP contribution in [-0.4, -0.2) is 81.4 Å². The van der Waals surface area contributed by atoms with E-state index in [2.05, 4.69) is 0 Å². The summed E-state index contributed by atoms with van der Waals surface area (Å²) < 4.78 is 64.4. The zero-order valence-corrected chi connectivity index (χ0v) is 30.6. The number of hydrogen-bond acceptors (Lipinski definition) is 10. The van der Waals surface area contributed by atoms with Gasteiger partial charge >= 0.3 is 0 Å². The van der Waals surface area contributed by atoms with Gasteiger partial charge in [0.1, 0.15) is 42.7 Å². The van der Waals surface area contributed by atoms with Crippen LogP contribution in [0.25, 0.3) is 0 Å². The Hall–Kier alpha value is -3.52. The predicted octanol–water partition coefficient (Wildman–Crippen LogP) is 6.59. The van der Waals surface area contributed by atoms with Crippen LogP contribution < -0.4 is 0 Å². The first-order valence-corrected chi connectivity index (χ1v) is 18.3. The van der Waals surface area contributed by atoms with Gasteiger partial charge in [-0.25, -0.2) is 0 Å². The minimum atomic E-state index is -0.875. The third kappa shape index (κ3) is 9.97. The van der Waals surface area contributed by atoms with Gasteiger partial charge in [0.15, 0.2) is 18.4 Å². The van der Waals surface area contributed by atoms with E-state index in [-0.39, 0.29) is 19.3 Å². The fourth-order valence-electron chi connectivity index (χ4n) is 7.04. The molecule has 9 atom stereocenters. The van der Waals surface area contributed by atoms with E-state index in [1.165, 1.54) is 0 Å². The molecule has 0 N–H and O–H groups in total. The van der Waals surface area contributed by atoms with Crippen molar-refractivity contribution >= 4 is 0 Å². The van der Waals surface area contributed by atoms with E-state index in [1.54, 1.807) is 7.11 Å². The largest absolute Gasteiger partial charge is 0.374 e. The highest BCUT2D eigenvalue weighted by Crippen LogP contribution is 2.40. The van der Waals surface area contributed by atoms with Crippen molar-refractivity contribution in [3.05, 3.63) is 144 Å². The van der Waals surface area contributed by atoms with Crippen molar-refractivity contribution in [2.24, 2.45) is 0 Å². The molecule has 7 rings (SSSR count). The van der Waals surface area contributed by atoms with Crippen LogP contribution >= 0.6 is 0 Å². The molecule has 4 aromatic carbocycles. The van der Waals surface area contributed by atoms with Gasteiger partial charge in [0.05, 0.1) is 39.6 Å². The van der Waals surface area contributed by atoms with Crippen molar-refractivity contribution < 1.29 is 47.4 Å². The van der Waals surface area contributed by atoms with Crippen LogP contribution in [0.5, 0.6) is 0 Å². The number of methoxy groups -OCH3 is 1. The number of fused-ring (bicyclic) bond motifs is 1. The van der Waals surface area contributed by atoms with Crippen LogP contribution in [0, 0.1) is 0 Å². The zero-order valence-electron chi connectivity index (χ0n) is 30.6. The van der Waals surface area contributed by atoms with E-state index >= 15 is 0 Å². The summed E-state index contributed by atoms with van der Waals surface area (Å²) in [4.78, 5) is 0. The van der Waals surface area contributed by atoms with Crippen molar-refractivity contribution in [3.8, 4) is 0 Å². The Morgan fingerprint density at radius 1 is 0.472 bits per heavy atom. The number of rotatable bonds is 17. The topological polar surface area (TPSA) is 92.3 Å². The van der Waals surface area contributed by atoms with Crippen LogP contribution in [0.15, 0.2) is 121 Å².